The van der Waals surface area contributed by atoms with Crippen molar-refractivity contribution in [2.45, 2.75) is 25.8 Å². The number of hydrogen-bond acceptors (Lipinski definition) is 2. The van der Waals surface area contributed by atoms with E-state index in [0.29, 0.717) is 19.5 Å². The van der Waals surface area contributed by atoms with Crippen LogP contribution in [0.3, 0.4) is 0 Å². The summed E-state index contributed by atoms with van der Waals surface area (Å²) in [6.45, 7) is 2.70. The summed E-state index contributed by atoms with van der Waals surface area (Å²) in [5.41, 5.74) is 0.248. The van der Waals surface area contributed by atoms with Crippen LogP contribution in [0.5, 0.6) is 0 Å². The largest absolute Gasteiger partial charge is 0.353 e. The second kappa shape index (κ2) is 7.20. The average molecular weight is 311 g/mol. The SMILES string of the molecule is CCC[C@H](NC(=O)N1CCNC(=O)C1)c1ccc(F)cc1F. The maximum absolute atomic E-state index is 13.9. The molecule has 0 saturated carbocycles. The molecule has 0 unspecified atom stereocenters. The molecular formula is C15H19F2N3O2. The molecule has 3 amide bonds. The highest BCUT2D eigenvalue weighted by Gasteiger charge is 2.24. The van der Waals surface area contributed by atoms with Gasteiger partial charge in [-0.15, -0.1) is 0 Å². The topological polar surface area (TPSA) is 61.4 Å². The van der Waals surface area contributed by atoms with Crippen LogP contribution in [0, 0.1) is 11.6 Å². The number of benzene rings is 1. The van der Waals surface area contributed by atoms with E-state index in [0.717, 1.165) is 12.5 Å². The molecule has 120 valence electrons. The molecule has 1 atom stereocenters. The third-order valence-electron chi connectivity index (χ3n) is 3.54. The second-order valence-electron chi connectivity index (χ2n) is 5.23. The maximum Gasteiger partial charge on any atom is 0.318 e. The zero-order chi connectivity index (χ0) is 16.1. The molecule has 1 saturated heterocycles. The van der Waals surface area contributed by atoms with Gasteiger partial charge in [-0.3, -0.25) is 4.79 Å². The van der Waals surface area contributed by atoms with Gasteiger partial charge in [0.2, 0.25) is 5.91 Å². The molecule has 1 heterocycles. The number of halogens is 2. The van der Waals surface area contributed by atoms with E-state index < -0.39 is 23.7 Å². The fraction of sp³-hybridized carbons (Fsp3) is 0.467. The van der Waals surface area contributed by atoms with Gasteiger partial charge in [0, 0.05) is 24.7 Å². The zero-order valence-electron chi connectivity index (χ0n) is 12.4. The van der Waals surface area contributed by atoms with Crippen LogP contribution >= 0.6 is 0 Å². The van der Waals surface area contributed by atoms with Gasteiger partial charge >= 0.3 is 6.03 Å². The van der Waals surface area contributed by atoms with Crippen molar-refractivity contribution in [3.05, 3.63) is 35.4 Å². The number of amides is 3. The van der Waals surface area contributed by atoms with E-state index in [2.05, 4.69) is 10.6 Å². The van der Waals surface area contributed by atoms with Gasteiger partial charge in [0.25, 0.3) is 0 Å². The van der Waals surface area contributed by atoms with Gasteiger partial charge in [-0.2, -0.15) is 0 Å². The number of piperazine rings is 1. The van der Waals surface area contributed by atoms with Crippen molar-refractivity contribution in [3.8, 4) is 0 Å². The molecular weight excluding hydrogens is 292 g/mol. The molecule has 0 bridgehead atoms. The van der Waals surface area contributed by atoms with Crippen LogP contribution in [-0.2, 0) is 4.79 Å². The van der Waals surface area contributed by atoms with Gasteiger partial charge in [-0.25, -0.2) is 13.6 Å². The van der Waals surface area contributed by atoms with Crippen LogP contribution < -0.4 is 10.6 Å². The highest BCUT2D eigenvalue weighted by atomic mass is 19.1. The number of urea groups is 1. The van der Waals surface area contributed by atoms with Crippen LogP contribution in [0.2, 0.25) is 0 Å². The molecule has 5 nitrogen and oxygen atoms in total. The Morgan fingerprint density at radius 3 is 2.86 bits per heavy atom. The fourth-order valence-electron chi connectivity index (χ4n) is 2.43. The van der Waals surface area contributed by atoms with Gasteiger partial charge in [0.05, 0.1) is 6.04 Å². The van der Waals surface area contributed by atoms with Gasteiger partial charge in [-0.1, -0.05) is 19.4 Å². The van der Waals surface area contributed by atoms with Crippen molar-refractivity contribution in [1.29, 1.82) is 0 Å². The van der Waals surface area contributed by atoms with Crippen molar-refractivity contribution < 1.29 is 18.4 Å². The summed E-state index contributed by atoms with van der Waals surface area (Å²) in [4.78, 5) is 24.9. The molecule has 2 rings (SSSR count). The first-order valence-electron chi connectivity index (χ1n) is 7.28. The van der Waals surface area contributed by atoms with Crippen LogP contribution in [0.25, 0.3) is 0 Å². The van der Waals surface area contributed by atoms with E-state index in [9.17, 15) is 18.4 Å². The molecule has 1 aliphatic rings. The van der Waals surface area contributed by atoms with Gasteiger partial charge in [-0.05, 0) is 12.5 Å². The summed E-state index contributed by atoms with van der Waals surface area (Å²) in [6, 6.07) is 2.34. The quantitative estimate of drug-likeness (QED) is 0.893. The Hall–Kier alpha value is -2.18. The summed E-state index contributed by atoms with van der Waals surface area (Å²) in [5, 5.41) is 5.36. The van der Waals surface area contributed by atoms with Crippen molar-refractivity contribution >= 4 is 11.9 Å². The van der Waals surface area contributed by atoms with Gasteiger partial charge in [0.1, 0.15) is 18.2 Å². The van der Waals surface area contributed by atoms with E-state index in [-0.39, 0.29) is 18.0 Å². The van der Waals surface area contributed by atoms with Crippen molar-refractivity contribution in [2.24, 2.45) is 0 Å². The Morgan fingerprint density at radius 1 is 1.45 bits per heavy atom. The summed E-state index contributed by atoms with van der Waals surface area (Å²) >= 11 is 0. The fourth-order valence-corrected chi connectivity index (χ4v) is 2.43. The van der Waals surface area contributed by atoms with Crippen molar-refractivity contribution in [1.82, 2.24) is 15.5 Å². The third-order valence-corrected chi connectivity index (χ3v) is 3.54. The smallest absolute Gasteiger partial charge is 0.318 e. The molecule has 0 aromatic heterocycles. The number of nitrogens with one attached hydrogen (secondary N) is 2. The summed E-state index contributed by atoms with van der Waals surface area (Å²) < 4.78 is 26.9. The lowest BCUT2D eigenvalue weighted by Crippen LogP contribution is -2.53. The highest BCUT2D eigenvalue weighted by Crippen LogP contribution is 2.22. The number of carbonyl (C=O) groups excluding carboxylic acids is 2. The van der Waals surface area contributed by atoms with Crippen LogP contribution in [0.1, 0.15) is 31.4 Å². The van der Waals surface area contributed by atoms with Crippen molar-refractivity contribution in [2.75, 3.05) is 19.6 Å². The normalized spacial score (nSPS) is 16.1. The molecule has 1 fully saturated rings. The molecule has 0 radical (unpaired) electrons. The first-order valence-corrected chi connectivity index (χ1v) is 7.28. The number of hydrogen-bond donors (Lipinski definition) is 2. The molecule has 2 N–H and O–H groups in total. The van der Waals surface area contributed by atoms with E-state index >= 15 is 0 Å². The number of rotatable bonds is 4. The van der Waals surface area contributed by atoms with Crippen LogP contribution in [0.4, 0.5) is 13.6 Å². The molecule has 0 spiro atoms. The maximum atomic E-state index is 13.9. The summed E-state index contributed by atoms with van der Waals surface area (Å²) in [6.07, 6.45) is 1.25. The van der Waals surface area contributed by atoms with Crippen molar-refractivity contribution in [3.63, 3.8) is 0 Å². The minimum atomic E-state index is -0.685. The first kappa shape index (κ1) is 16.2. The predicted molar refractivity (Wildman–Crippen MR) is 77.1 cm³/mol. The Balaban J connectivity index is 2.10. The number of carbonyl (C=O) groups is 2. The van der Waals surface area contributed by atoms with Crippen LogP contribution in [0.15, 0.2) is 18.2 Å². The minimum absolute atomic E-state index is 0.0173. The van der Waals surface area contributed by atoms with Gasteiger partial charge in [0.15, 0.2) is 0 Å². The second-order valence-corrected chi connectivity index (χ2v) is 5.23. The third kappa shape index (κ3) is 3.93. The van der Waals surface area contributed by atoms with Gasteiger partial charge < -0.3 is 15.5 Å². The van der Waals surface area contributed by atoms with E-state index in [1.807, 2.05) is 6.92 Å². The molecule has 1 aliphatic heterocycles. The predicted octanol–water partition coefficient (Wildman–Crippen LogP) is 1.95. The Labute approximate surface area is 127 Å². The van der Waals surface area contributed by atoms with Crippen LogP contribution in [-0.4, -0.2) is 36.5 Å². The lowest BCUT2D eigenvalue weighted by atomic mass is 10.0. The lowest BCUT2D eigenvalue weighted by molar-refractivity contribution is -0.123. The monoisotopic (exact) mass is 311 g/mol. The van der Waals surface area contributed by atoms with E-state index in [1.54, 1.807) is 0 Å². The molecule has 0 aliphatic carbocycles. The lowest BCUT2D eigenvalue weighted by Gasteiger charge is -2.29. The Morgan fingerprint density at radius 2 is 2.23 bits per heavy atom. The summed E-state index contributed by atoms with van der Waals surface area (Å²) in [5.74, 6) is -1.56. The zero-order valence-corrected chi connectivity index (χ0v) is 12.4. The summed E-state index contributed by atoms with van der Waals surface area (Å²) in [7, 11) is 0. The molecule has 1 aromatic rings. The standard InChI is InChI=1S/C15H19F2N3O2/c1-2-3-13(11-5-4-10(16)8-12(11)17)19-15(22)20-7-6-18-14(21)9-20/h4-5,8,13H,2-3,6-7,9H2,1H3,(H,18,21)(H,19,22)/t13-/m0/s1. The highest BCUT2D eigenvalue weighted by molar-refractivity contribution is 5.85. The van der Waals surface area contributed by atoms with E-state index in [1.165, 1.54) is 17.0 Å². The Bertz CT molecular complexity index is 566. The minimum Gasteiger partial charge on any atom is -0.353 e. The Kier molecular flexibility index (Phi) is 5.30. The molecule has 7 heteroatoms. The molecule has 1 aromatic carbocycles. The molecule has 22 heavy (non-hydrogen) atoms. The first-order chi connectivity index (χ1) is 10.5. The van der Waals surface area contributed by atoms with E-state index in [4.69, 9.17) is 0 Å². The number of nitrogens with zero attached hydrogens (tertiary/aromatic N) is 1. The average Bonchev–Trinajstić information content (AvgIpc) is 2.47.